The second-order valence-electron chi connectivity index (χ2n) is 9.66. The number of hydrogen-bond acceptors (Lipinski definition) is 8. The van der Waals surface area contributed by atoms with Gasteiger partial charge in [0, 0.05) is 71.5 Å². The van der Waals surface area contributed by atoms with Crippen molar-refractivity contribution in [3.05, 3.63) is 48.0 Å². The first-order valence-corrected chi connectivity index (χ1v) is 13.7. The molecule has 4 rings (SSSR count). The first kappa shape index (κ1) is 27.8. The van der Waals surface area contributed by atoms with Crippen LogP contribution in [0.1, 0.15) is 35.9 Å². The number of aryl methyl sites for hydroxylation is 1. The summed E-state index contributed by atoms with van der Waals surface area (Å²) in [5.41, 5.74) is 2.15. The summed E-state index contributed by atoms with van der Waals surface area (Å²) in [4.78, 5) is 43.2. The van der Waals surface area contributed by atoms with Gasteiger partial charge in [0.05, 0.1) is 37.4 Å². The summed E-state index contributed by atoms with van der Waals surface area (Å²) < 4.78 is 11.2. The van der Waals surface area contributed by atoms with Gasteiger partial charge in [0.2, 0.25) is 5.91 Å². The van der Waals surface area contributed by atoms with Crippen LogP contribution in [-0.2, 0) is 9.53 Å². The number of anilines is 1. The average Bonchev–Trinajstić information content (AvgIpc) is 2.96. The van der Waals surface area contributed by atoms with Crippen molar-refractivity contribution >= 4 is 17.5 Å². The summed E-state index contributed by atoms with van der Waals surface area (Å²) >= 11 is 0. The van der Waals surface area contributed by atoms with Gasteiger partial charge in [-0.25, -0.2) is 4.98 Å². The van der Waals surface area contributed by atoms with Crippen molar-refractivity contribution in [2.75, 3.05) is 83.6 Å². The van der Waals surface area contributed by atoms with Gasteiger partial charge in [-0.3, -0.25) is 19.5 Å². The molecule has 0 N–H and O–H groups in total. The molecule has 2 fully saturated rings. The maximum absolute atomic E-state index is 13.3. The lowest BCUT2D eigenvalue weighted by Gasteiger charge is -2.37. The van der Waals surface area contributed by atoms with Gasteiger partial charge in [-0.15, -0.1) is 0 Å². The number of carbonyl (C=O) groups excluding carboxylic acids is 2. The maximum Gasteiger partial charge on any atom is 0.274 e. The van der Waals surface area contributed by atoms with E-state index in [4.69, 9.17) is 9.47 Å². The van der Waals surface area contributed by atoms with Crippen molar-refractivity contribution in [3.63, 3.8) is 0 Å². The molecule has 38 heavy (non-hydrogen) atoms. The van der Waals surface area contributed by atoms with Crippen molar-refractivity contribution in [1.29, 1.82) is 0 Å². The van der Waals surface area contributed by atoms with Gasteiger partial charge in [0.1, 0.15) is 11.4 Å². The quantitative estimate of drug-likeness (QED) is 0.441. The van der Waals surface area contributed by atoms with Gasteiger partial charge in [0.15, 0.2) is 0 Å². The molecule has 0 aliphatic carbocycles. The summed E-state index contributed by atoms with van der Waals surface area (Å²) in [6, 6.07) is 8.04. The third kappa shape index (κ3) is 7.64. The van der Waals surface area contributed by atoms with E-state index >= 15 is 0 Å². The lowest BCUT2D eigenvalue weighted by molar-refractivity contribution is -0.131. The van der Waals surface area contributed by atoms with Crippen LogP contribution in [-0.4, -0.2) is 115 Å². The lowest BCUT2D eigenvalue weighted by atomic mass is 10.2. The summed E-state index contributed by atoms with van der Waals surface area (Å²) in [7, 11) is 0. The van der Waals surface area contributed by atoms with Gasteiger partial charge in [-0.05, 0) is 32.4 Å². The fourth-order valence-electron chi connectivity index (χ4n) is 4.87. The number of ether oxygens (including phenoxy) is 2. The Hall–Kier alpha value is -3.24. The smallest absolute Gasteiger partial charge is 0.274 e. The number of morpholine rings is 1. The summed E-state index contributed by atoms with van der Waals surface area (Å²) in [6.07, 6.45) is 4.25. The number of carbonyl (C=O) groups is 2. The SMILES string of the molecule is CCOc1ccccc1N1CCN(C(=O)CCN(CCCN2CCOCC2)C(=O)c2cnc(C)cn2)CC1. The van der Waals surface area contributed by atoms with Gasteiger partial charge in [-0.1, -0.05) is 12.1 Å². The van der Waals surface area contributed by atoms with Gasteiger partial charge in [0.25, 0.3) is 5.91 Å². The fraction of sp³-hybridized carbons (Fsp3) is 0.571. The van der Waals surface area contributed by atoms with E-state index in [1.807, 2.05) is 36.9 Å². The zero-order valence-corrected chi connectivity index (χ0v) is 22.7. The number of amides is 2. The van der Waals surface area contributed by atoms with Crippen molar-refractivity contribution in [2.24, 2.45) is 0 Å². The summed E-state index contributed by atoms with van der Waals surface area (Å²) in [5.74, 6) is 0.772. The van der Waals surface area contributed by atoms with E-state index in [0.717, 1.165) is 69.5 Å². The van der Waals surface area contributed by atoms with Crippen molar-refractivity contribution in [3.8, 4) is 5.75 Å². The van der Waals surface area contributed by atoms with Crippen LogP contribution in [0.4, 0.5) is 5.69 Å². The molecule has 0 saturated carbocycles. The zero-order chi connectivity index (χ0) is 26.7. The molecule has 206 valence electrons. The minimum absolute atomic E-state index is 0.0729. The molecule has 2 saturated heterocycles. The molecule has 10 heteroatoms. The monoisotopic (exact) mass is 524 g/mol. The first-order valence-electron chi connectivity index (χ1n) is 13.7. The molecule has 0 radical (unpaired) electrons. The van der Waals surface area contributed by atoms with Crippen LogP contribution in [0, 0.1) is 6.92 Å². The van der Waals surface area contributed by atoms with Crippen LogP contribution in [0.3, 0.4) is 0 Å². The van der Waals surface area contributed by atoms with Crippen LogP contribution < -0.4 is 9.64 Å². The summed E-state index contributed by atoms with van der Waals surface area (Å²) in [5, 5.41) is 0. The van der Waals surface area contributed by atoms with E-state index in [2.05, 4.69) is 25.8 Å². The van der Waals surface area contributed by atoms with Crippen molar-refractivity contribution in [1.82, 2.24) is 24.7 Å². The molecule has 2 aliphatic heterocycles. The molecule has 0 spiro atoms. The highest BCUT2D eigenvalue weighted by atomic mass is 16.5. The zero-order valence-electron chi connectivity index (χ0n) is 22.7. The number of aromatic nitrogens is 2. The van der Waals surface area contributed by atoms with Crippen LogP contribution in [0.2, 0.25) is 0 Å². The van der Waals surface area contributed by atoms with Gasteiger partial charge < -0.3 is 24.2 Å². The van der Waals surface area contributed by atoms with E-state index in [1.165, 1.54) is 6.20 Å². The Kier molecular flexibility index (Phi) is 10.3. The number of rotatable bonds is 11. The molecule has 2 aromatic rings. The highest BCUT2D eigenvalue weighted by Gasteiger charge is 2.25. The third-order valence-electron chi connectivity index (χ3n) is 7.03. The van der Waals surface area contributed by atoms with Crippen LogP contribution in [0.15, 0.2) is 36.7 Å². The molecule has 0 unspecified atom stereocenters. The summed E-state index contributed by atoms with van der Waals surface area (Å²) in [6.45, 7) is 12.4. The van der Waals surface area contributed by atoms with Gasteiger partial charge in [-0.2, -0.15) is 0 Å². The molecule has 0 atom stereocenters. The van der Waals surface area contributed by atoms with E-state index in [0.29, 0.717) is 38.5 Å². The Bertz CT molecular complexity index is 1040. The van der Waals surface area contributed by atoms with E-state index in [-0.39, 0.29) is 18.2 Å². The van der Waals surface area contributed by atoms with Crippen LogP contribution >= 0.6 is 0 Å². The molecule has 2 aliphatic rings. The molecule has 10 nitrogen and oxygen atoms in total. The minimum Gasteiger partial charge on any atom is -0.492 e. The van der Waals surface area contributed by atoms with Crippen LogP contribution in [0.5, 0.6) is 5.75 Å². The Morgan fingerprint density at radius 1 is 1.00 bits per heavy atom. The van der Waals surface area contributed by atoms with Crippen LogP contribution in [0.25, 0.3) is 0 Å². The molecule has 1 aromatic heterocycles. The lowest BCUT2D eigenvalue weighted by Crippen LogP contribution is -2.49. The highest BCUT2D eigenvalue weighted by molar-refractivity contribution is 5.92. The standard InChI is InChI=1S/C28H40N6O4/c1-3-38-26-8-5-4-7-25(26)32-13-15-33(16-14-32)27(35)9-12-34(11-6-10-31-17-19-37-20-18-31)28(36)24-22-29-23(2)21-30-24/h4-5,7-8,21-22H,3,6,9-20H2,1-2H3. The number of hydrogen-bond donors (Lipinski definition) is 0. The third-order valence-corrected chi connectivity index (χ3v) is 7.03. The van der Waals surface area contributed by atoms with E-state index in [9.17, 15) is 9.59 Å². The number of piperazine rings is 1. The number of nitrogens with zero attached hydrogens (tertiary/aromatic N) is 6. The second-order valence-corrected chi connectivity index (χ2v) is 9.66. The Balaban J connectivity index is 1.31. The Labute approximate surface area is 225 Å². The highest BCUT2D eigenvalue weighted by Crippen LogP contribution is 2.28. The maximum atomic E-state index is 13.3. The predicted molar refractivity (Wildman–Crippen MR) is 146 cm³/mol. The molecule has 2 amide bonds. The molecular formula is C28H40N6O4. The topological polar surface area (TPSA) is 91.3 Å². The fourth-order valence-corrected chi connectivity index (χ4v) is 4.87. The van der Waals surface area contributed by atoms with E-state index < -0.39 is 0 Å². The van der Waals surface area contributed by atoms with Gasteiger partial charge >= 0.3 is 0 Å². The largest absolute Gasteiger partial charge is 0.492 e. The average molecular weight is 525 g/mol. The number of benzene rings is 1. The molecule has 3 heterocycles. The molecule has 1 aromatic carbocycles. The first-order chi connectivity index (χ1) is 18.5. The minimum atomic E-state index is -0.176. The van der Waals surface area contributed by atoms with Crippen molar-refractivity contribution in [2.45, 2.75) is 26.7 Å². The molecular weight excluding hydrogens is 484 g/mol. The van der Waals surface area contributed by atoms with E-state index in [1.54, 1.807) is 11.1 Å². The Morgan fingerprint density at radius 3 is 2.47 bits per heavy atom. The molecule has 0 bridgehead atoms. The predicted octanol–water partition coefficient (Wildman–Crippen LogP) is 2.09. The number of para-hydroxylation sites is 2. The Morgan fingerprint density at radius 2 is 1.76 bits per heavy atom. The van der Waals surface area contributed by atoms with Crippen molar-refractivity contribution < 1.29 is 19.1 Å². The normalized spacial score (nSPS) is 16.4. The second kappa shape index (κ2) is 14.1.